The van der Waals surface area contributed by atoms with Crippen LogP contribution in [-0.4, -0.2) is 77.9 Å². The summed E-state index contributed by atoms with van der Waals surface area (Å²) in [4.78, 5) is 35.0. The van der Waals surface area contributed by atoms with E-state index in [0.717, 1.165) is 83.5 Å². The average molecular weight is 789 g/mol. The Morgan fingerprint density at radius 2 is 1.15 bits per heavy atom. The van der Waals surface area contributed by atoms with Gasteiger partial charge in [-0.25, -0.2) is 4.57 Å². The van der Waals surface area contributed by atoms with Gasteiger partial charge in [-0.2, -0.15) is 0 Å². The molecule has 0 aromatic heterocycles. The summed E-state index contributed by atoms with van der Waals surface area (Å²) in [5, 5.41) is 18.3. The number of hydrogen-bond donors (Lipinski definition) is 3. The van der Waals surface area contributed by atoms with Gasteiger partial charge in [0, 0.05) is 12.8 Å². The van der Waals surface area contributed by atoms with Gasteiger partial charge in [-0.1, -0.05) is 128 Å². The van der Waals surface area contributed by atoms with Crippen LogP contribution in [0.3, 0.4) is 0 Å². The minimum Gasteiger partial charge on any atom is -0.462 e. The topological polar surface area (TPSA) is 161 Å². The van der Waals surface area contributed by atoms with Gasteiger partial charge >= 0.3 is 19.8 Å². The summed E-state index contributed by atoms with van der Waals surface area (Å²) >= 11 is 0. The first kappa shape index (κ1) is 50.4. The van der Waals surface area contributed by atoms with Gasteiger partial charge in [0.05, 0.1) is 32.0 Å². The standard InChI is InChI=1S/C42H77O11P/c1-3-5-7-9-11-12-13-14-15-16-17-18-19-23-27-31-41(45)49-35-38(36-51-54(47,48)50-34-37(44)33-43)52-42(46)32-28-24-20-22-26-30-40-39(53-40)29-25-21-10-8-6-4-2/h14-15,21,25,37-40,43-44H,3-13,16-20,22-24,26-36H2,1-2H3,(H,47,48)/b15-14-,25-21-/t37-,38+,39?,40?/m0/s1. The molecule has 1 fully saturated rings. The van der Waals surface area contributed by atoms with Crippen molar-refractivity contribution in [3.8, 4) is 0 Å². The smallest absolute Gasteiger partial charge is 0.462 e. The van der Waals surface area contributed by atoms with Crippen molar-refractivity contribution in [2.24, 2.45) is 0 Å². The molecule has 1 saturated heterocycles. The van der Waals surface area contributed by atoms with E-state index in [1.165, 1.54) is 57.8 Å². The molecule has 11 nitrogen and oxygen atoms in total. The van der Waals surface area contributed by atoms with E-state index in [4.69, 9.17) is 23.8 Å². The molecule has 316 valence electrons. The quantitative estimate of drug-likeness (QED) is 0.0179. The molecule has 0 aromatic carbocycles. The van der Waals surface area contributed by atoms with Crippen LogP contribution in [0.15, 0.2) is 24.3 Å². The number of phosphoric ester groups is 1. The summed E-state index contributed by atoms with van der Waals surface area (Å²) in [5.74, 6) is -0.955. The monoisotopic (exact) mass is 789 g/mol. The fraction of sp³-hybridized carbons (Fsp3) is 0.857. The zero-order chi connectivity index (χ0) is 39.5. The second-order valence-corrected chi connectivity index (χ2v) is 16.2. The molecule has 0 amide bonds. The van der Waals surface area contributed by atoms with Gasteiger partial charge in [0.25, 0.3) is 0 Å². The third-order valence-electron chi connectivity index (χ3n) is 9.50. The number of ether oxygens (including phenoxy) is 3. The van der Waals surface area contributed by atoms with E-state index >= 15 is 0 Å². The van der Waals surface area contributed by atoms with E-state index in [2.05, 4.69) is 42.7 Å². The maximum absolute atomic E-state index is 12.6. The Kier molecular flexibility index (Phi) is 32.4. The Morgan fingerprint density at radius 3 is 1.78 bits per heavy atom. The molecular weight excluding hydrogens is 711 g/mol. The van der Waals surface area contributed by atoms with Crippen molar-refractivity contribution in [2.75, 3.05) is 26.4 Å². The molecule has 0 bridgehead atoms. The van der Waals surface area contributed by atoms with Crippen LogP contribution in [0.2, 0.25) is 0 Å². The van der Waals surface area contributed by atoms with E-state index in [9.17, 15) is 24.2 Å². The van der Waals surface area contributed by atoms with E-state index in [1.807, 2.05) is 0 Å². The summed E-state index contributed by atoms with van der Waals surface area (Å²) in [6, 6.07) is 0. The average Bonchev–Trinajstić information content (AvgIpc) is 3.92. The molecule has 0 radical (unpaired) electrons. The van der Waals surface area contributed by atoms with Crippen molar-refractivity contribution in [1.29, 1.82) is 0 Å². The molecule has 5 atom stereocenters. The normalized spacial score (nSPS) is 17.9. The molecule has 1 heterocycles. The molecule has 0 saturated carbocycles. The lowest BCUT2D eigenvalue weighted by molar-refractivity contribution is -0.161. The highest BCUT2D eigenvalue weighted by Gasteiger charge is 2.36. The third kappa shape index (κ3) is 31.6. The van der Waals surface area contributed by atoms with Gasteiger partial charge in [0.2, 0.25) is 0 Å². The van der Waals surface area contributed by atoms with Crippen LogP contribution in [0.25, 0.3) is 0 Å². The second-order valence-electron chi connectivity index (χ2n) is 14.7. The van der Waals surface area contributed by atoms with Crippen LogP contribution in [0.5, 0.6) is 0 Å². The minimum absolute atomic E-state index is 0.160. The van der Waals surface area contributed by atoms with Crippen molar-refractivity contribution in [3.63, 3.8) is 0 Å². The maximum atomic E-state index is 12.6. The number of rotatable bonds is 39. The number of unbranched alkanes of at least 4 members (excludes halogenated alkanes) is 18. The van der Waals surface area contributed by atoms with Crippen LogP contribution < -0.4 is 0 Å². The number of epoxide rings is 1. The molecule has 54 heavy (non-hydrogen) atoms. The van der Waals surface area contributed by atoms with Crippen LogP contribution >= 0.6 is 7.82 Å². The first-order valence-electron chi connectivity index (χ1n) is 21.4. The largest absolute Gasteiger partial charge is 0.472 e. The molecule has 3 unspecified atom stereocenters. The molecular formula is C42H77O11P. The summed E-state index contributed by atoms with van der Waals surface area (Å²) in [5.41, 5.74) is 0. The second kappa shape index (κ2) is 34.6. The Bertz CT molecular complexity index is 1020. The zero-order valence-corrected chi connectivity index (χ0v) is 34.8. The zero-order valence-electron chi connectivity index (χ0n) is 33.9. The van der Waals surface area contributed by atoms with Crippen molar-refractivity contribution in [2.45, 2.75) is 205 Å². The molecule has 1 aliphatic rings. The number of esters is 2. The van der Waals surface area contributed by atoms with Gasteiger partial charge in [0.15, 0.2) is 6.10 Å². The van der Waals surface area contributed by atoms with Crippen LogP contribution in [0.1, 0.15) is 181 Å². The Balaban J connectivity index is 2.27. The van der Waals surface area contributed by atoms with Crippen molar-refractivity contribution in [3.05, 3.63) is 24.3 Å². The molecule has 1 rings (SSSR count). The van der Waals surface area contributed by atoms with Crippen LogP contribution in [0, 0.1) is 0 Å². The molecule has 0 spiro atoms. The minimum atomic E-state index is -4.62. The summed E-state index contributed by atoms with van der Waals surface area (Å²) < 4.78 is 38.5. The molecule has 1 aliphatic heterocycles. The number of allylic oxidation sites excluding steroid dienone is 3. The fourth-order valence-corrected chi connectivity index (χ4v) is 6.84. The molecule has 3 N–H and O–H groups in total. The highest BCUT2D eigenvalue weighted by Crippen LogP contribution is 2.43. The Hall–Kier alpha value is -1.59. The molecule has 0 aromatic rings. The van der Waals surface area contributed by atoms with Crippen LogP contribution in [0.4, 0.5) is 0 Å². The van der Waals surface area contributed by atoms with E-state index < -0.39 is 51.8 Å². The maximum Gasteiger partial charge on any atom is 0.472 e. The summed E-state index contributed by atoms with van der Waals surface area (Å²) in [7, 11) is -4.62. The third-order valence-corrected chi connectivity index (χ3v) is 10.5. The predicted octanol–water partition coefficient (Wildman–Crippen LogP) is 9.99. The number of carbonyl (C=O) groups excluding carboxylic acids is 2. The van der Waals surface area contributed by atoms with Gasteiger partial charge in [-0.15, -0.1) is 0 Å². The summed E-state index contributed by atoms with van der Waals surface area (Å²) in [6.07, 6.45) is 34.4. The van der Waals surface area contributed by atoms with Crippen molar-refractivity contribution >= 4 is 19.8 Å². The lowest BCUT2D eigenvalue weighted by Gasteiger charge is -2.20. The highest BCUT2D eigenvalue weighted by molar-refractivity contribution is 7.47. The SMILES string of the molecule is CCCCC/C=C\CC1OC1CCCCCCCC(=O)O[C@H](COC(=O)CCCCCCC/C=C\CCCCCCCC)COP(=O)(O)OC[C@@H](O)CO. The van der Waals surface area contributed by atoms with E-state index in [1.54, 1.807) is 0 Å². The lowest BCUT2D eigenvalue weighted by atomic mass is 10.1. The highest BCUT2D eigenvalue weighted by atomic mass is 31.2. The number of aliphatic hydroxyl groups is 2. The van der Waals surface area contributed by atoms with Gasteiger partial charge in [0.1, 0.15) is 12.7 Å². The van der Waals surface area contributed by atoms with Crippen molar-refractivity contribution in [1.82, 2.24) is 0 Å². The number of phosphoric acid groups is 1. The van der Waals surface area contributed by atoms with E-state index in [0.29, 0.717) is 25.0 Å². The summed E-state index contributed by atoms with van der Waals surface area (Å²) in [6.45, 7) is 2.31. The van der Waals surface area contributed by atoms with E-state index in [-0.39, 0.29) is 19.4 Å². The number of carbonyl (C=O) groups is 2. The molecule has 0 aliphatic carbocycles. The van der Waals surface area contributed by atoms with Gasteiger partial charge in [-0.3, -0.25) is 18.6 Å². The van der Waals surface area contributed by atoms with Gasteiger partial charge < -0.3 is 29.3 Å². The predicted molar refractivity (Wildman–Crippen MR) is 214 cm³/mol. The lowest BCUT2D eigenvalue weighted by Crippen LogP contribution is -2.29. The Morgan fingerprint density at radius 1 is 0.648 bits per heavy atom. The van der Waals surface area contributed by atoms with Crippen molar-refractivity contribution < 1.29 is 52.5 Å². The first-order valence-corrected chi connectivity index (χ1v) is 22.9. The van der Waals surface area contributed by atoms with Gasteiger partial charge in [-0.05, 0) is 64.2 Å². The number of hydrogen-bond acceptors (Lipinski definition) is 10. The molecule has 12 heteroatoms. The van der Waals surface area contributed by atoms with Crippen LogP contribution in [-0.2, 0) is 37.4 Å². The fourth-order valence-electron chi connectivity index (χ4n) is 6.05. The first-order chi connectivity index (χ1) is 26.2. The number of aliphatic hydroxyl groups excluding tert-OH is 2. The Labute approximate surface area is 327 Å².